The van der Waals surface area contributed by atoms with Crippen LogP contribution in [-0.4, -0.2) is 27.9 Å². The van der Waals surface area contributed by atoms with E-state index in [0.29, 0.717) is 24.3 Å². The standard InChI is InChI=1S/C13H12FN3O2/c14-9-3-5-10(6-4-9)17-13(11(8-18)15-16-17)12-2-1-7-19-12/h3-6,8,12H,1-2,7H2. The predicted molar refractivity (Wildman–Crippen MR) is 64.6 cm³/mol. The molecule has 5 nitrogen and oxygen atoms in total. The van der Waals surface area contributed by atoms with Crippen LogP contribution in [0.5, 0.6) is 0 Å². The van der Waals surface area contributed by atoms with Crippen molar-refractivity contribution in [2.75, 3.05) is 6.61 Å². The van der Waals surface area contributed by atoms with Crippen molar-refractivity contribution in [1.29, 1.82) is 0 Å². The fourth-order valence-corrected chi connectivity index (χ4v) is 2.25. The van der Waals surface area contributed by atoms with Crippen molar-refractivity contribution in [2.45, 2.75) is 18.9 Å². The number of carbonyl (C=O) groups excluding carboxylic acids is 1. The summed E-state index contributed by atoms with van der Waals surface area (Å²) in [5.74, 6) is -0.321. The molecule has 19 heavy (non-hydrogen) atoms. The van der Waals surface area contributed by atoms with Crippen molar-refractivity contribution in [1.82, 2.24) is 15.0 Å². The lowest BCUT2D eigenvalue weighted by atomic mass is 10.1. The number of aldehydes is 1. The van der Waals surface area contributed by atoms with Crippen LogP contribution in [0.15, 0.2) is 24.3 Å². The normalized spacial score (nSPS) is 18.7. The molecule has 1 fully saturated rings. The third-order valence-corrected chi connectivity index (χ3v) is 3.15. The highest BCUT2D eigenvalue weighted by Crippen LogP contribution is 2.30. The Balaban J connectivity index is 2.07. The van der Waals surface area contributed by atoms with E-state index in [1.54, 1.807) is 16.8 Å². The number of carbonyl (C=O) groups is 1. The Morgan fingerprint density at radius 1 is 1.37 bits per heavy atom. The molecule has 3 rings (SSSR count). The van der Waals surface area contributed by atoms with Crippen LogP contribution in [-0.2, 0) is 4.74 Å². The summed E-state index contributed by atoms with van der Waals surface area (Å²) in [6, 6.07) is 5.88. The fraction of sp³-hybridized carbons (Fsp3) is 0.308. The van der Waals surface area contributed by atoms with Gasteiger partial charge in [0.15, 0.2) is 12.0 Å². The summed E-state index contributed by atoms with van der Waals surface area (Å²) < 4.78 is 20.1. The Morgan fingerprint density at radius 3 is 2.79 bits per heavy atom. The van der Waals surface area contributed by atoms with Gasteiger partial charge in [-0.2, -0.15) is 0 Å². The maximum Gasteiger partial charge on any atom is 0.172 e. The molecule has 1 aromatic carbocycles. The molecule has 0 saturated carbocycles. The molecule has 2 heterocycles. The summed E-state index contributed by atoms with van der Waals surface area (Å²) in [6.07, 6.45) is 2.26. The van der Waals surface area contributed by atoms with Crippen LogP contribution in [0.2, 0.25) is 0 Å². The maximum atomic E-state index is 12.9. The fourth-order valence-electron chi connectivity index (χ4n) is 2.25. The summed E-state index contributed by atoms with van der Waals surface area (Å²) in [4.78, 5) is 11.1. The molecule has 0 radical (unpaired) electrons. The van der Waals surface area contributed by atoms with Crippen LogP contribution in [0.3, 0.4) is 0 Å². The average Bonchev–Trinajstić information content (AvgIpc) is 3.07. The molecule has 0 spiro atoms. The van der Waals surface area contributed by atoms with Gasteiger partial charge in [-0.25, -0.2) is 9.07 Å². The number of hydrogen-bond donors (Lipinski definition) is 0. The van der Waals surface area contributed by atoms with E-state index in [1.165, 1.54) is 12.1 Å². The first-order valence-corrected chi connectivity index (χ1v) is 6.08. The number of ether oxygens (including phenoxy) is 1. The molecular formula is C13H12FN3O2. The number of nitrogens with zero attached hydrogens (tertiary/aromatic N) is 3. The third-order valence-electron chi connectivity index (χ3n) is 3.15. The van der Waals surface area contributed by atoms with Crippen LogP contribution < -0.4 is 0 Å². The number of rotatable bonds is 3. The van der Waals surface area contributed by atoms with Gasteiger partial charge in [0.2, 0.25) is 0 Å². The van der Waals surface area contributed by atoms with Gasteiger partial charge < -0.3 is 4.74 Å². The second-order valence-electron chi connectivity index (χ2n) is 4.37. The predicted octanol–water partition coefficient (Wildman–Crippen LogP) is 2.07. The summed E-state index contributed by atoms with van der Waals surface area (Å²) in [6.45, 7) is 0.664. The molecule has 1 saturated heterocycles. The number of halogens is 1. The van der Waals surface area contributed by atoms with Gasteiger partial charge in [0.25, 0.3) is 0 Å². The van der Waals surface area contributed by atoms with Gasteiger partial charge in [-0.15, -0.1) is 5.10 Å². The van der Waals surface area contributed by atoms with E-state index < -0.39 is 0 Å². The SMILES string of the molecule is O=Cc1nnn(-c2ccc(F)cc2)c1C1CCCO1. The molecule has 1 aliphatic heterocycles. The monoisotopic (exact) mass is 261 g/mol. The Labute approximate surface area is 109 Å². The Morgan fingerprint density at radius 2 is 2.16 bits per heavy atom. The van der Waals surface area contributed by atoms with E-state index in [9.17, 15) is 9.18 Å². The van der Waals surface area contributed by atoms with Gasteiger partial charge in [-0.3, -0.25) is 4.79 Å². The highest BCUT2D eigenvalue weighted by Gasteiger charge is 2.27. The van der Waals surface area contributed by atoms with Crippen molar-refractivity contribution >= 4 is 6.29 Å². The molecule has 0 aliphatic carbocycles. The van der Waals surface area contributed by atoms with Crippen molar-refractivity contribution in [2.24, 2.45) is 0 Å². The maximum absolute atomic E-state index is 12.9. The largest absolute Gasteiger partial charge is 0.372 e. The zero-order valence-corrected chi connectivity index (χ0v) is 10.1. The zero-order chi connectivity index (χ0) is 13.2. The third kappa shape index (κ3) is 2.15. The molecule has 6 heteroatoms. The van der Waals surface area contributed by atoms with Gasteiger partial charge in [-0.05, 0) is 37.1 Å². The Bertz CT molecular complexity index is 588. The van der Waals surface area contributed by atoms with Crippen molar-refractivity contribution in [3.63, 3.8) is 0 Å². The van der Waals surface area contributed by atoms with E-state index in [2.05, 4.69) is 10.3 Å². The topological polar surface area (TPSA) is 57.0 Å². The molecule has 1 aromatic heterocycles. The van der Waals surface area contributed by atoms with Crippen LogP contribution in [0.25, 0.3) is 5.69 Å². The average molecular weight is 261 g/mol. The van der Waals surface area contributed by atoms with Gasteiger partial charge in [0.1, 0.15) is 17.6 Å². The van der Waals surface area contributed by atoms with Crippen molar-refractivity contribution < 1.29 is 13.9 Å². The smallest absolute Gasteiger partial charge is 0.172 e. The first kappa shape index (κ1) is 12.0. The lowest BCUT2D eigenvalue weighted by Gasteiger charge is -2.12. The zero-order valence-electron chi connectivity index (χ0n) is 10.1. The number of hydrogen-bond acceptors (Lipinski definition) is 4. The van der Waals surface area contributed by atoms with Gasteiger partial charge in [-0.1, -0.05) is 5.21 Å². The molecule has 2 aromatic rings. The lowest BCUT2D eigenvalue weighted by Crippen LogP contribution is -2.08. The van der Waals surface area contributed by atoms with Gasteiger partial charge >= 0.3 is 0 Å². The van der Waals surface area contributed by atoms with E-state index in [0.717, 1.165) is 12.8 Å². The minimum absolute atomic E-state index is 0.180. The second kappa shape index (κ2) is 4.89. The van der Waals surface area contributed by atoms with Crippen LogP contribution in [0.1, 0.15) is 35.1 Å². The van der Waals surface area contributed by atoms with Crippen LogP contribution >= 0.6 is 0 Å². The summed E-state index contributed by atoms with van der Waals surface area (Å²) >= 11 is 0. The second-order valence-corrected chi connectivity index (χ2v) is 4.37. The first-order chi connectivity index (χ1) is 9.29. The molecule has 0 bridgehead atoms. The minimum Gasteiger partial charge on any atom is -0.372 e. The highest BCUT2D eigenvalue weighted by atomic mass is 19.1. The van der Waals surface area contributed by atoms with Gasteiger partial charge in [0, 0.05) is 6.61 Å². The van der Waals surface area contributed by atoms with Crippen LogP contribution in [0.4, 0.5) is 4.39 Å². The Kier molecular flexibility index (Phi) is 3.08. The molecule has 0 amide bonds. The van der Waals surface area contributed by atoms with Gasteiger partial charge in [0.05, 0.1) is 5.69 Å². The van der Waals surface area contributed by atoms with E-state index in [1.807, 2.05) is 0 Å². The Hall–Kier alpha value is -2.08. The lowest BCUT2D eigenvalue weighted by molar-refractivity contribution is 0.102. The summed E-state index contributed by atoms with van der Waals surface area (Å²) in [7, 11) is 0. The number of benzene rings is 1. The quantitative estimate of drug-likeness (QED) is 0.794. The van der Waals surface area contributed by atoms with E-state index in [4.69, 9.17) is 4.74 Å². The molecule has 1 atom stereocenters. The molecule has 1 aliphatic rings. The van der Waals surface area contributed by atoms with Crippen molar-refractivity contribution in [3.05, 3.63) is 41.5 Å². The highest BCUT2D eigenvalue weighted by molar-refractivity contribution is 5.73. The molecular weight excluding hydrogens is 249 g/mol. The molecule has 0 N–H and O–H groups in total. The first-order valence-electron chi connectivity index (χ1n) is 6.08. The van der Waals surface area contributed by atoms with E-state index in [-0.39, 0.29) is 17.6 Å². The minimum atomic E-state index is -0.321. The summed E-state index contributed by atoms with van der Waals surface area (Å²) in [5.41, 5.74) is 1.57. The van der Waals surface area contributed by atoms with E-state index >= 15 is 0 Å². The summed E-state index contributed by atoms with van der Waals surface area (Å²) in [5, 5.41) is 7.81. The molecule has 1 unspecified atom stereocenters. The van der Waals surface area contributed by atoms with Crippen molar-refractivity contribution in [3.8, 4) is 5.69 Å². The number of aromatic nitrogens is 3. The molecule has 98 valence electrons. The van der Waals surface area contributed by atoms with Crippen LogP contribution in [0, 0.1) is 5.82 Å².